The van der Waals surface area contributed by atoms with Crippen LogP contribution in [0.2, 0.25) is 0 Å². The molecule has 1 aromatic carbocycles. The van der Waals surface area contributed by atoms with Crippen LogP contribution in [0, 0.1) is 6.92 Å². The summed E-state index contributed by atoms with van der Waals surface area (Å²) in [5.41, 5.74) is 5.92. The summed E-state index contributed by atoms with van der Waals surface area (Å²) in [6.45, 7) is 5.25. The lowest BCUT2D eigenvalue weighted by atomic mass is 9.93. The summed E-state index contributed by atoms with van der Waals surface area (Å²) in [4.78, 5) is 12.0. The summed E-state index contributed by atoms with van der Waals surface area (Å²) in [6, 6.07) is 21.2. The van der Waals surface area contributed by atoms with Gasteiger partial charge in [0.05, 0.1) is 11.4 Å². The van der Waals surface area contributed by atoms with Gasteiger partial charge in [0, 0.05) is 36.5 Å². The second kappa shape index (κ2) is 7.79. The smallest absolute Gasteiger partial charge is 0.0705 e. The van der Waals surface area contributed by atoms with Crippen LogP contribution in [0.3, 0.4) is 0 Å². The van der Waals surface area contributed by atoms with Gasteiger partial charge in [-0.2, -0.15) is 0 Å². The van der Waals surface area contributed by atoms with E-state index in [0.29, 0.717) is 5.92 Å². The van der Waals surface area contributed by atoms with Crippen LogP contribution >= 0.6 is 0 Å². The zero-order valence-corrected chi connectivity index (χ0v) is 15.3. The predicted molar refractivity (Wildman–Crippen MR) is 106 cm³/mol. The highest BCUT2D eigenvalue weighted by molar-refractivity contribution is 5.60. The summed E-state index contributed by atoms with van der Waals surface area (Å²) in [7, 11) is 0. The maximum absolute atomic E-state index is 5.01. The summed E-state index contributed by atoms with van der Waals surface area (Å²) in [6.07, 6.45) is 4.31. The van der Waals surface area contributed by atoms with Gasteiger partial charge in [-0.25, -0.2) is 0 Å². The molecule has 0 radical (unpaired) electrons. The van der Waals surface area contributed by atoms with E-state index in [0.717, 1.165) is 31.0 Å². The first-order valence-electron chi connectivity index (χ1n) is 9.44. The fraction of sp³-hybridized carbons (Fsp3) is 0.304. The molecule has 0 spiro atoms. The molecular weight excluding hydrogens is 318 g/mol. The largest absolute Gasteiger partial charge is 0.297 e. The van der Waals surface area contributed by atoms with E-state index in [4.69, 9.17) is 4.98 Å². The molecule has 1 unspecified atom stereocenters. The van der Waals surface area contributed by atoms with Gasteiger partial charge >= 0.3 is 0 Å². The molecule has 0 saturated carbocycles. The molecule has 1 fully saturated rings. The number of rotatable bonds is 4. The van der Waals surface area contributed by atoms with E-state index in [9.17, 15) is 0 Å². The van der Waals surface area contributed by atoms with E-state index in [1.54, 1.807) is 0 Å². The van der Waals surface area contributed by atoms with Crippen LogP contribution < -0.4 is 0 Å². The number of piperidine rings is 1. The number of likely N-dealkylation sites (tertiary alicyclic amines) is 1. The number of hydrogen-bond donors (Lipinski definition) is 0. The van der Waals surface area contributed by atoms with Crippen molar-refractivity contribution in [1.82, 2.24) is 14.9 Å². The average molecular weight is 343 g/mol. The maximum Gasteiger partial charge on any atom is 0.0705 e. The van der Waals surface area contributed by atoms with Crippen LogP contribution in [0.1, 0.15) is 35.7 Å². The fourth-order valence-corrected chi connectivity index (χ4v) is 3.81. The fourth-order valence-electron chi connectivity index (χ4n) is 3.81. The molecule has 1 saturated heterocycles. The van der Waals surface area contributed by atoms with Gasteiger partial charge < -0.3 is 0 Å². The van der Waals surface area contributed by atoms with E-state index >= 15 is 0 Å². The Kier molecular flexibility index (Phi) is 5.07. The summed E-state index contributed by atoms with van der Waals surface area (Å²) < 4.78 is 0. The topological polar surface area (TPSA) is 29.0 Å². The predicted octanol–water partition coefficient (Wildman–Crippen LogP) is 4.83. The molecule has 132 valence electrons. The van der Waals surface area contributed by atoms with Crippen molar-refractivity contribution in [2.24, 2.45) is 0 Å². The van der Waals surface area contributed by atoms with Gasteiger partial charge in [0.1, 0.15) is 0 Å². The molecule has 26 heavy (non-hydrogen) atoms. The first kappa shape index (κ1) is 16.9. The van der Waals surface area contributed by atoms with Gasteiger partial charge in [-0.3, -0.25) is 14.9 Å². The Labute approximate surface area is 155 Å². The van der Waals surface area contributed by atoms with Gasteiger partial charge in [-0.05, 0) is 56.6 Å². The Bertz CT molecular complexity index is 860. The van der Waals surface area contributed by atoms with E-state index in [-0.39, 0.29) is 0 Å². The number of hydrogen-bond acceptors (Lipinski definition) is 3. The molecule has 0 N–H and O–H groups in total. The van der Waals surface area contributed by atoms with Gasteiger partial charge in [0.25, 0.3) is 0 Å². The van der Waals surface area contributed by atoms with Crippen LogP contribution in [0.4, 0.5) is 0 Å². The lowest BCUT2D eigenvalue weighted by molar-refractivity contribution is 0.196. The van der Waals surface area contributed by atoms with E-state index in [1.165, 1.54) is 29.7 Å². The first-order valence-corrected chi connectivity index (χ1v) is 9.44. The van der Waals surface area contributed by atoms with Gasteiger partial charge in [-0.15, -0.1) is 0 Å². The summed E-state index contributed by atoms with van der Waals surface area (Å²) in [5, 5.41) is 0. The molecule has 3 heteroatoms. The highest BCUT2D eigenvalue weighted by atomic mass is 15.1. The number of benzene rings is 1. The standard InChI is InChI=1S/C23H25N3/c1-18-7-4-8-19(15-18)22-11-5-12-23(25-22)20-9-6-14-26(16-20)17-21-10-2-3-13-24-21/h2-5,7-8,10-13,15,20H,6,9,14,16-17H2,1H3. The Balaban J connectivity index is 1.51. The highest BCUT2D eigenvalue weighted by Crippen LogP contribution is 2.28. The SMILES string of the molecule is Cc1cccc(-c2cccc(C3CCCN(Cc4ccccn4)C3)n2)c1. The van der Waals surface area contributed by atoms with Gasteiger partial charge in [-0.1, -0.05) is 35.9 Å². The average Bonchev–Trinajstić information content (AvgIpc) is 2.69. The highest BCUT2D eigenvalue weighted by Gasteiger charge is 2.23. The van der Waals surface area contributed by atoms with Crippen molar-refractivity contribution in [1.29, 1.82) is 0 Å². The first-order chi connectivity index (χ1) is 12.8. The molecule has 1 aliphatic heterocycles. The molecule has 0 aliphatic carbocycles. The second-order valence-electron chi connectivity index (χ2n) is 7.21. The van der Waals surface area contributed by atoms with Crippen molar-refractivity contribution in [3.8, 4) is 11.3 Å². The molecule has 0 bridgehead atoms. The van der Waals surface area contributed by atoms with E-state index in [1.807, 2.05) is 12.3 Å². The zero-order chi connectivity index (χ0) is 17.8. The van der Waals surface area contributed by atoms with E-state index in [2.05, 4.69) is 71.4 Å². The number of aryl methyl sites for hydroxylation is 1. The minimum atomic E-state index is 0.497. The summed E-state index contributed by atoms with van der Waals surface area (Å²) >= 11 is 0. The quantitative estimate of drug-likeness (QED) is 0.679. The lowest BCUT2D eigenvalue weighted by Gasteiger charge is -2.32. The molecule has 3 aromatic rings. The third kappa shape index (κ3) is 4.00. The number of pyridine rings is 2. The lowest BCUT2D eigenvalue weighted by Crippen LogP contribution is -2.34. The molecular formula is C23H25N3. The molecule has 1 aliphatic rings. The molecule has 3 heterocycles. The van der Waals surface area contributed by atoms with Gasteiger partial charge in [0.15, 0.2) is 0 Å². The van der Waals surface area contributed by atoms with Crippen molar-refractivity contribution in [2.75, 3.05) is 13.1 Å². The second-order valence-corrected chi connectivity index (χ2v) is 7.21. The van der Waals surface area contributed by atoms with Crippen LogP contribution in [0.15, 0.2) is 66.9 Å². The van der Waals surface area contributed by atoms with Crippen LogP contribution in [-0.2, 0) is 6.54 Å². The van der Waals surface area contributed by atoms with Crippen molar-refractivity contribution in [3.05, 3.63) is 83.8 Å². The third-order valence-electron chi connectivity index (χ3n) is 5.12. The Morgan fingerprint density at radius 1 is 1.04 bits per heavy atom. The van der Waals surface area contributed by atoms with Gasteiger partial charge in [0.2, 0.25) is 0 Å². The molecule has 3 nitrogen and oxygen atoms in total. The Morgan fingerprint density at radius 2 is 1.96 bits per heavy atom. The monoisotopic (exact) mass is 343 g/mol. The molecule has 0 amide bonds. The Hall–Kier alpha value is -2.52. The minimum Gasteiger partial charge on any atom is -0.297 e. The van der Waals surface area contributed by atoms with Crippen LogP contribution in [0.25, 0.3) is 11.3 Å². The van der Waals surface area contributed by atoms with Crippen molar-refractivity contribution >= 4 is 0 Å². The number of aromatic nitrogens is 2. The van der Waals surface area contributed by atoms with Crippen molar-refractivity contribution in [3.63, 3.8) is 0 Å². The van der Waals surface area contributed by atoms with E-state index < -0.39 is 0 Å². The van der Waals surface area contributed by atoms with Crippen molar-refractivity contribution in [2.45, 2.75) is 32.2 Å². The third-order valence-corrected chi connectivity index (χ3v) is 5.12. The molecule has 4 rings (SSSR count). The van der Waals surface area contributed by atoms with Crippen LogP contribution in [-0.4, -0.2) is 28.0 Å². The van der Waals surface area contributed by atoms with Crippen LogP contribution in [0.5, 0.6) is 0 Å². The minimum absolute atomic E-state index is 0.497. The molecule has 2 aromatic heterocycles. The van der Waals surface area contributed by atoms with Crippen molar-refractivity contribution < 1.29 is 0 Å². The Morgan fingerprint density at radius 3 is 2.81 bits per heavy atom. The molecule has 1 atom stereocenters. The number of nitrogens with zero attached hydrogens (tertiary/aromatic N) is 3. The normalized spacial score (nSPS) is 18.0. The maximum atomic E-state index is 5.01. The zero-order valence-electron chi connectivity index (χ0n) is 15.3. The summed E-state index contributed by atoms with van der Waals surface area (Å²) in [5.74, 6) is 0.497.